The molecule has 11 nitrogen and oxygen atoms in total. The molecule has 0 rings (SSSR count). The zero-order valence-electron chi connectivity index (χ0n) is 19.6. The molecule has 1 atom stereocenters. The Morgan fingerprint density at radius 2 is 1.16 bits per heavy atom. The molecule has 12 heteroatoms. The molecule has 0 saturated carbocycles. The largest absolute Gasteiger partial charge is 0.472 e. The van der Waals surface area contributed by atoms with Crippen LogP contribution in [0.5, 0.6) is 0 Å². The van der Waals surface area contributed by atoms with Crippen LogP contribution < -0.4 is 0 Å². The Hall–Kier alpha value is -0.640. The maximum atomic E-state index is 12.2. The zero-order chi connectivity index (χ0) is 24.0. The molecule has 0 aromatic carbocycles. The van der Waals surface area contributed by atoms with E-state index in [-0.39, 0.29) is 39.5 Å². The number of nitrogens with zero attached hydrogens (tertiary/aromatic N) is 1. The summed E-state index contributed by atoms with van der Waals surface area (Å²) in [5.74, 6) is 0. The summed E-state index contributed by atoms with van der Waals surface area (Å²) >= 11 is 0. The fraction of sp³-hybridized carbons (Fsp3) is 0.950. The summed E-state index contributed by atoms with van der Waals surface area (Å²) in [5, 5.41) is 8.58. The molecule has 32 heavy (non-hydrogen) atoms. The van der Waals surface area contributed by atoms with Gasteiger partial charge in [-0.05, 0) is 19.3 Å². The predicted molar refractivity (Wildman–Crippen MR) is 116 cm³/mol. The van der Waals surface area contributed by atoms with Crippen LogP contribution in [-0.2, 0) is 42.0 Å². The van der Waals surface area contributed by atoms with Gasteiger partial charge in [-0.3, -0.25) is 9.05 Å². The lowest BCUT2D eigenvalue weighted by Gasteiger charge is -2.33. The lowest BCUT2D eigenvalue weighted by atomic mass is 9.92. The van der Waals surface area contributed by atoms with E-state index >= 15 is 0 Å². The van der Waals surface area contributed by atoms with Gasteiger partial charge in [0.2, 0.25) is 0 Å². The van der Waals surface area contributed by atoms with E-state index in [4.69, 9.17) is 42.7 Å². The summed E-state index contributed by atoms with van der Waals surface area (Å²) in [7, 11) is 0.502. The molecule has 0 aliphatic carbocycles. The molecule has 0 aliphatic heterocycles. The molecule has 0 radical (unpaired) electrons. The number of rotatable bonds is 24. The van der Waals surface area contributed by atoms with Gasteiger partial charge in [0.25, 0.3) is 0 Å². The maximum absolute atomic E-state index is 12.2. The standard InChI is InChI=1S/C20H40NO10P/c1-24-9-5-12-27-16-20(17-28-13-6-10-25-2,18-29-14-7-11-26-3)19-31-32(22,23)30-15-4-8-21/h4-7,9-19H2,1-3H3,(H,22,23). The van der Waals surface area contributed by atoms with Crippen LogP contribution >= 0.6 is 7.82 Å². The number of methoxy groups -OCH3 is 3. The lowest BCUT2D eigenvalue weighted by molar-refractivity contribution is -0.0951. The van der Waals surface area contributed by atoms with Crippen molar-refractivity contribution in [2.24, 2.45) is 5.41 Å². The monoisotopic (exact) mass is 485 g/mol. The molecule has 0 fully saturated rings. The topological polar surface area (TPSA) is 135 Å². The lowest BCUT2D eigenvalue weighted by Crippen LogP contribution is -2.42. The minimum atomic E-state index is -4.35. The third-order valence-electron chi connectivity index (χ3n) is 4.14. The highest BCUT2D eigenvalue weighted by molar-refractivity contribution is 7.47. The van der Waals surface area contributed by atoms with Crippen LogP contribution in [0.2, 0.25) is 0 Å². The minimum absolute atomic E-state index is 0.0209. The number of phosphoric acid groups is 1. The van der Waals surface area contributed by atoms with E-state index < -0.39 is 13.2 Å². The molecule has 0 saturated heterocycles. The van der Waals surface area contributed by atoms with Crippen molar-refractivity contribution in [3.8, 4) is 6.07 Å². The maximum Gasteiger partial charge on any atom is 0.472 e. The molecule has 0 aromatic heterocycles. The number of phosphoric ester groups is 1. The second kappa shape index (κ2) is 20.9. The molecule has 1 unspecified atom stereocenters. The average Bonchev–Trinajstić information content (AvgIpc) is 2.77. The molecule has 0 aliphatic rings. The van der Waals surface area contributed by atoms with Gasteiger partial charge in [-0.2, -0.15) is 5.26 Å². The van der Waals surface area contributed by atoms with Crippen molar-refractivity contribution in [1.29, 1.82) is 5.26 Å². The fourth-order valence-corrected chi connectivity index (χ4v) is 3.33. The first-order chi connectivity index (χ1) is 15.4. The van der Waals surface area contributed by atoms with Gasteiger partial charge >= 0.3 is 7.82 Å². The highest BCUT2D eigenvalue weighted by Gasteiger charge is 2.36. The van der Waals surface area contributed by atoms with Crippen molar-refractivity contribution in [2.45, 2.75) is 25.7 Å². The van der Waals surface area contributed by atoms with Gasteiger partial charge in [-0.15, -0.1) is 0 Å². The zero-order valence-corrected chi connectivity index (χ0v) is 20.5. The Bertz CT molecular complexity index is 481. The quantitative estimate of drug-likeness (QED) is 0.159. The summed E-state index contributed by atoms with van der Waals surface area (Å²) in [5.41, 5.74) is -0.843. The third kappa shape index (κ3) is 17.9. The van der Waals surface area contributed by atoms with Gasteiger partial charge in [0.05, 0.1) is 50.9 Å². The summed E-state index contributed by atoms with van der Waals surface area (Å²) in [6.07, 6.45) is 2.08. The Labute approximate surface area is 191 Å². The van der Waals surface area contributed by atoms with E-state index in [0.717, 1.165) is 0 Å². The first-order valence-corrected chi connectivity index (χ1v) is 12.1. The van der Waals surface area contributed by atoms with Crippen molar-refractivity contribution in [3.63, 3.8) is 0 Å². The summed E-state index contributed by atoms with van der Waals surface area (Å²) in [6.45, 7) is 3.17. The van der Waals surface area contributed by atoms with Crippen LogP contribution in [0.4, 0.5) is 0 Å². The van der Waals surface area contributed by atoms with Crippen LogP contribution in [0.15, 0.2) is 0 Å². The molecule has 0 bridgehead atoms. The van der Waals surface area contributed by atoms with Gasteiger partial charge in [0.15, 0.2) is 0 Å². The van der Waals surface area contributed by atoms with Crippen LogP contribution in [-0.4, -0.2) is 98.9 Å². The van der Waals surface area contributed by atoms with Crippen molar-refractivity contribution in [2.75, 3.05) is 94.0 Å². The van der Waals surface area contributed by atoms with Crippen molar-refractivity contribution >= 4 is 7.82 Å². The molecular formula is C20H40NO10P. The Morgan fingerprint density at radius 1 is 0.719 bits per heavy atom. The first-order valence-electron chi connectivity index (χ1n) is 10.6. The van der Waals surface area contributed by atoms with E-state index in [0.29, 0.717) is 58.9 Å². The van der Waals surface area contributed by atoms with Crippen molar-refractivity contribution < 1.29 is 46.9 Å². The molecular weight excluding hydrogens is 445 g/mol. The van der Waals surface area contributed by atoms with Crippen LogP contribution in [0.3, 0.4) is 0 Å². The van der Waals surface area contributed by atoms with Gasteiger partial charge in [-0.1, -0.05) is 0 Å². The van der Waals surface area contributed by atoms with Gasteiger partial charge in [0, 0.05) is 61.0 Å². The molecule has 0 spiro atoms. The highest BCUT2D eigenvalue weighted by atomic mass is 31.2. The fourth-order valence-electron chi connectivity index (χ4n) is 2.49. The minimum Gasteiger partial charge on any atom is -0.385 e. The van der Waals surface area contributed by atoms with Crippen molar-refractivity contribution in [3.05, 3.63) is 0 Å². The average molecular weight is 486 g/mol. The van der Waals surface area contributed by atoms with Crippen molar-refractivity contribution in [1.82, 2.24) is 0 Å². The first kappa shape index (κ1) is 31.4. The Kier molecular flexibility index (Phi) is 20.5. The summed E-state index contributed by atoms with van der Waals surface area (Å²) in [4.78, 5) is 9.96. The van der Waals surface area contributed by atoms with E-state index in [1.54, 1.807) is 21.3 Å². The number of ether oxygens (including phenoxy) is 6. The van der Waals surface area contributed by atoms with E-state index in [9.17, 15) is 9.46 Å². The second-order valence-electron chi connectivity index (χ2n) is 7.18. The third-order valence-corrected chi connectivity index (χ3v) is 5.10. The predicted octanol–water partition coefficient (Wildman–Crippen LogP) is 2.18. The summed E-state index contributed by atoms with van der Waals surface area (Å²) < 4.78 is 54.8. The van der Waals surface area contributed by atoms with Crippen LogP contribution in [0, 0.1) is 16.7 Å². The normalized spacial score (nSPS) is 13.7. The van der Waals surface area contributed by atoms with E-state index in [1.165, 1.54) is 0 Å². The van der Waals surface area contributed by atoms with Crippen LogP contribution in [0.25, 0.3) is 0 Å². The highest BCUT2D eigenvalue weighted by Crippen LogP contribution is 2.45. The molecule has 0 aromatic rings. The van der Waals surface area contributed by atoms with Crippen LogP contribution in [0.1, 0.15) is 25.7 Å². The van der Waals surface area contributed by atoms with E-state index in [1.807, 2.05) is 6.07 Å². The number of hydrogen-bond acceptors (Lipinski definition) is 10. The second-order valence-corrected chi connectivity index (χ2v) is 8.63. The number of hydrogen-bond donors (Lipinski definition) is 1. The molecule has 1 N–H and O–H groups in total. The molecule has 0 amide bonds. The van der Waals surface area contributed by atoms with Gasteiger partial charge < -0.3 is 33.3 Å². The Balaban J connectivity index is 5.09. The molecule has 0 heterocycles. The van der Waals surface area contributed by atoms with Gasteiger partial charge in [-0.25, -0.2) is 4.57 Å². The summed E-state index contributed by atoms with van der Waals surface area (Å²) in [6, 6.07) is 1.84. The Morgan fingerprint density at radius 3 is 1.53 bits per heavy atom. The number of nitriles is 1. The molecule has 190 valence electrons. The smallest absolute Gasteiger partial charge is 0.385 e. The van der Waals surface area contributed by atoms with Gasteiger partial charge in [0.1, 0.15) is 0 Å². The van der Waals surface area contributed by atoms with E-state index in [2.05, 4.69) is 0 Å². The SMILES string of the molecule is COCCCOCC(COCCCOC)(COCCCOC)COP(=O)(O)OCCC#N.